The summed E-state index contributed by atoms with van der Waals surface area (Å²) in [6, 6.07) is 14.0. The number of imidazole rings is 1. The number of aromatic nitrogens is 3. The van der Waals surface area contributed by atoms with Crippen LogP contribution in [0.15, 0.2) is 42.5 Å². The van der Waals surface area contributed by atoms with Crippen LogP contribution in [0.3, 0.4) is 0 Å². The topological polar surface area (TPSA) is 70.7 Å². The molecule has 0 bridgehead atoms. The largest absolute Gasteiger partial charge is 0.341 e. The van der Waals surface area contributed by atoms with E-state index in [4.69, 9.17) is 0 Å². The summed E-state index contributed by atoms with van der Waals surface area (Å²) in [5, 5.41) is 3.66. The number of H-pyrrole nitrogens is 1. The number of para-hydroxylation sites is 3. The van der Waals surface area contributed by atoms with Crippen LogP contribution in [0, 0.1) is 6.92 Å². The molecular weight excluding hydrogens is 364 g/mol. The Kier molecular flexibility index (Phi) is 4.65. The van der Waals surface area contributed by atoms with E-state index in [1.807, 2.05) is 49.4 Å². The number of rotatable bonds is 5. The van der Waals surface area contributed by atoms with Crippen molar-refractivity contribution in [3.05, 3.63) is 53.9 Å². The van der Waals surface area contributed by atoms with Crippen LogP contribution in [0.5, 0.6) is 0 Å². The zero-order chi connectivity index (χ0) is 18.1. The van der Waals surface area contributed by atoms with Gasteiger partial charge in [0, 0.05) is 0 Å². The number of anilines is 1. The highest BCUT2D eigenvalue weighted by molar-refractivity contribution is 8.00. The van der Waals surface area contributed by atoms with E-state index < -0.39 is 0 Å². The molecule has 0 aliphatic rings. The third kappa shape index (κ3) is 3.45. The Morgan fingerprint density at radius 2 is 2.08 bits per heavy atom. The first-order chi connectivity index (χ1) is 12.6. The number of aryl methyl sites for hydroxylation is 1. The van der Waals surface area contributed by atoms with Crippen molar-refractivity contribution in [3.63, 3.8) is 0 Å². The van der Waals surface area contributed by atoms with Gasteiger partial charge in [0.1, 0.15) is 5.82 Å². The third-order valence-corrected chi connectivity index (χ3v) is 6.21. The monoisotopic (exact) mass is 382 g/mol. The molecule has 0 radical (unpaired) electrons. The number of hydrogen-bond donors (Lipinski definition) is 2. The first kappa shape index (κ1) is 17.1. The van der Waals surface area contributed by atoms with E-state index >= 15 is 0 Å². The second kappa shape index (κ2) is 7.09. The van der Waals surface area contributed by atoms with Gasteiger partial charge in [-0.1, -0.05) is 35.6 Å². The van der Waals surface area contributed by atoms with Crippen LogP contribution in [0.2, 0.25) is 0 Å². The SMILES string of the molecule is Cc1cccc2sc(NC(=O)CS[C@H](C)c3nc4ccccc4[nH]3)nc12. The molecule has 0 fully saturated rings. The second-order valence-electron chi connectivity index (χ2n) is 6.08. The van der Waals surface area contributed by atoms with Gasteiger partial charge in [-0.2, -0.15) is 0 Å². The normalized spacial score (nSPS) is 12.5. The minimum Gasteiger partial charge on any atom is -0.341 e. The van der Waals surface area contributed by atoms with Gasteiger partial charge < -0.3 is 10.3 Å². The van der Waals surface area contributed by atoms with Gasteiger partial charge in [-0.05, 0) is 37.6 Å². The van der Waals surface area contributed by atoms with Crippen LogP contribution in [-0.2, 0) is 4.79 Å². The van der Waals surface area contributed by atoms with Crippen molar-refractivity contribution in [1.82, 2.24) is 15.0 Å². The summed E-state index contributed by atoms with van der Waals surface area (Å²) in [6.45, 7) is 4.08. The van der Waals surface area contributed by atoms with Crippen molar-refractivity contribution >= 4 is 55.4 Å². The van der Waals surface area contributed by atoms with E-state index in [1.54, 1.807) is 11.8 Å². The Morgan fingerprint density at radius 1 is 1.23 bits per heavy atom. The third-order valence-electron chi connectivity index (χ3n) is 4.12. The van der Waals surface area contributed by atoms with Crippen LogP contribution < -0.4 is 5.32 Å². The molecule has 7 heteroatoms. The molecule has 0 spiro atoms. The molecule has 26 heavy (non-hydrogen) atoms. The number of carbonyl (C=O) groups excluding carboxylic acids is 1. The molecule has 2 heterocycles. The van der Waals surface area contributed by atoms with E-state index in [2.05, 4.69) is 27.2 Å². The minimum absolute atomic E-state index is 0.0466. The van der Waals surface area contributed by atoms with E-state index in [1.165, 1.54) is 11.3 Å². The number of nitrogens with zero attached hydrogens (tertiary/aromatic N) is 2. The molecule has 0 saturated carbocycles. The first-order valence-corrected chi connectivity index (χ1v) is 10.2. The highest BCUT2D eigenvalue weighted by Crippen LogP contribution is 2.30. The summed E-state index contributed by atoms with van der Waals surface area (Å²) in [6.07, 6.45) is 0. The molecule has 4 rings (SSSR count). The van der Waals surface area contributed by atoms with Crippen molar-refractivity contribution < 1.29 is 4.79 Å². The molecule has 0 aliphatic carbocycles. The molecule has 0 unspecified atom stereocenters. The highest BCUT2D eigenvalue weighted by Gasteiger charge is 2.14. The fraction of sp³-hybridized carbons (Fsp3) is 0.211. The number of thiazole rings is 1. The number of thioether (sulfide) groups is 1. The predicted molar refractivity (Wildman–Crippen MR) is 110 cm³/mol. The summed E-state index contributed by atoms with van der Waals surface area (Å²) in [4.78, 5) is 24.7. The lowest BCUT2D eigenvalue weighted by Gasteiger charge is -2.07. The summed E-state index contributed by atoms with van der Waals surface area (Å²) < 4.78 is 1.09. The molecule has 0 saturated heterocycles. The molecule has 5 nitrogen and oxygen atoms in total. The standard InChI is InChI=1S/C19H18N4OS2/c1-11-6-5-9-15-17(11)23-19(26-15)22-16(24)10-25-12(2)18-20-13-7-3-4-8-14(13)21-18/h3-9,12H,10H2,1-2H3,(H,20,21)(H,22,23,24)/t12-/m1/s1. The predicted octanol–water partition coefficient (Wildman–Crippen LogP) is 4.91. The molecule has 2 aromatic carbocycles. The maximum Gasteiger partial charge on any atom is 0.236 e. The molecular formula is C19H18N4OS2. The van der Waals surface area contributed by atoms with Gasteiger partial charge in [0.05, 0.1) is 32.3 Å². The summed E-state index contributed by atoms with van der Waals surface area (Å²) >= 11 is 3.06. The minimum atomic E-state index is -0.0466. The van der Waals surface area contributed by atoms with E-state index in [9.17, 15) is 4.79 Å². The number of fused-ring (bicyclic) bond motifs is 2. The number of hydrogen-bond acceptors (Lipinski definition) is 5. The molecule has 132 valence electrons. The van der Waals surface area contributed by atoms with Gasteiger partial charge >= 0.3 is 0 Å². The van der Waals surface area contributed by atoms with Crippen molar-refractivity contribution in [2.45, 2.75) is 19.1 Å². The van der Waals surface area contributed by atoms with Crippen molar-refractivity contribution in [3.8, 4) is 0 Å². The van der Waals surface area contributed by atoms with Gasteiger partial charge in [-0.3, -0.25) is 4.79 Å². The number of nitrogens with one attached hydrogen (secondary N) is 2. The average Bonchev–Trinajstić information content (AvgIpc) is 3.24. The molecule has 0 aliphatic heterocycles. The maximum atomic E-state index is 12.3. The van der Waals surface area contributed by atoms with Gasteiger partial charge in [-0.25, -0.2) is 9.97 Å². The fourth-order valence-corrected chi connectivity index (χ4v) is 4.44. The number of benzene rings is 2. The van der Waals surface area contributed by atoms with Crippen molar-refractivity contribution in [2.75, 3.05) is 11.1 Å². The lowest BCUT2D eigenvalue weighted by Crippen LogP contribution is -2.14. The van der Waals surface area contributed by atoms with Crippen molar-refractivity contribution in [2.24, 2.45) is 0 Å². The second-order valence-corrected chi connectivity index (χ2v) is 8.44. The molecule has 1 amide bonds. The van der Waals surface area contributed by atoms with Crippen LogP contribution in [-0.4, -0.2) is 26.6 Å². The van der Waals surface area contributed by atoms with Gasteiger partial charge in [0.15, 0.2) is 5.13 Å². The number of aromatic amines is 1. The Balaban J connectivity index is 1.39. The van der Waals surface area contributed by atoms with Crippen molar-refractivity contribution in [1.29, 1.82) is 0 Å². The Hall–Kier alpha value is -2.38. The molecule has 2 aromatic heterocycles. The van der Waals surface area contributed by atoms with E-state index in [0.29, 0.717) is 10.9 Å². The zero-order valence-corrected chi connectivity index (χ0v) is 16.1. The van der Waals surface area contributed by atoms with Crippen LogP contribution in [0.25, 0.3) is 21.3 Å². The van der Waals surface area contributed by atoms with Gasteiger partial charge in [0.2, 0.25) is 5.91 Å². The maximum absolute atomic E-state index is 12.3. The van der Waals surface area contributed by atoms with E-state index in [0.717, 1.165) is 32.6 Å². The summed E-state index contributed by atoms with van der Waals surface area (Å²) in [5.41, 5.74) is 4.04. The highest BCUT2D eigenvalue weighted by atomic mass is 32.2. The average molecular weight is 383 g/mol. The number of carbonyl (C=O) groups is 1. The lowest BCUT2D eigenvalue weighted by atomic mass is 10.2. The first-order valence-electron chi connectivity index (χ1n) is 8.32. The smallest absolute Gasteiger partial charge is 0.236 e. The Morgan fingerprint density at radius 3 is 2.88 bits per heavy atom. The molecule has 1 atom stereocenters. The van der Waals surface area contributed by atoms with Gasteiger partial charge in [0.25, 0.3) is 0 Å². The lowest BCUT2D eigenvalue weighted by molar-refractivity contribution is -0.113. The Bertz CT molecular complexity index is 1050. The summed E-state index contributed by atoms with van der Waals surface area (Å²) in [5.74, 6) is 1.20. The number of amides is 1. The van der Waals surface area contributed by atoms with Gasteiger partial charge in [-0.15, -0.1) is 11.8 Å². The molecule has 2 N–H and O–H groups in total. The Labute approximate surface area is 159 Å². The van der Waals surface area contributed by atoms with Crippen LogP contribution >= 0.6 is 23.1 Å². The van der Waals surface area contributed by atoms with Crippen LogP contribution in [0.4, 0.5) is 5.13 Å². The molecule has 4 aromatic rings. The van der Waals surface area contributed by atoms with E-state index in [-0.39, 0.29) is 11.2 Å². The quantitative estimate of drug-likeness (QED) is 0.514. The van der Waals surface area contributed by atoms with Crippen LogP contribution in [0.1, 0.15) is 23.6 Å². The summed E-state index contributed by atoms with van der Waals surface area (Å²) in [7, 11) is 0. The zero-order valence-electron chi connectivity index (χ0n) is 14.4. The fourth-order valence-electron chi connectivity index (χ4n) is 2.74.